The first-order valence-electron chi connectivity index (χ1n) is 7.79. The van der Waals surface area contributed by atoms with Crippen LogP contribution in [0, 0.1) is 0 Å². The van der Waals surface area contributed by atoms with Gasteiger partial charge in [0.25, 0.3) is 0 Å². The number of aryl methyl sites for hydroxylation is 1. The molecule has 110 valence electrons. The van der Waals surface area contributed by atoms with Gasteiger partial charge in [-0.05, 0) is 43.0 Å². The van der Waals surface area contributed by atoms with Crippen molar-refractivity contribution in [3.8, 4) is 11.6 Å². The molecule has 2 aromatic rings. The molecule has 1 saturated carbocycles. The Balaban J connectivity index is 1.61. The predicted octanol–water partition coefficient (Wildman–Crippen LogP) is 4.08. The molecule has 3 nitrogen and oxygen atoms in total. The minimum atomic E-state index is 0.660. The van der Waals surface area contributed by atoms with Crippen LogP contribution in [0.3, 0.4) is 0 Å². The van der Waals surface area contributed by atoms with Crippen LogP contribution in [-0.4, -0.2) is 11.0 Å². The Kier molecular flexibility index (Phi) is 4.51. The Morgan fingerprint density at radius 1 is 1.14 bits per heavy atom. The predicted molar refractivity (Wildman–Crippen MR) is 84.6 cm³/mol. The second-order valence-corrected chi connectivity index (χ2v) is 5.62. The zero-order chi connectivity index (χ0) is 14.5. The van der Waals surface area contributed by atoms with Crippen LogP contribution >= 0.6 is 0 Å². The first-order chi connectivity index (χ1) is 10.3. The van der Waals surface area contributed by atoms with E-state index >= 15 is 0 Å². The van der Waals surface area contributed by atoms with Gasteiger partial charge in [-0.1, -0.05) is 31.5 Å². The number of ether oxygens (including phenoxy) is 1. The summed E-state index contributed by atoms with van der Waals surface area (Å²) < 4.78 is 5.84. The highest BCUT2D eigenvalue weighted by molar-refractivity contribution is 5.31. The number of pyridine rings is 1. The number of nitrogens with one attached hydrogen (secondary N) is 1. The van der Waals surface area contributed by atoms with Gasteiger partial charge in [0.1, 0.15) is 5.75 Å². The number of rotatable bonds is 7. The summed E-state index contributed by atoms with van der Waals surface area (Å²) in [5, 5.41) is 3.47. The first-order valence-corrected chi connectivity index (χ1v) is 7.79. The summed E-state index contributed by atoms with van der Waals surface area (Å²) in [6, 6.07) is 14.9. The molecule has 0 radical (unpaired) electrons. The average Bonchev–Trinajstić information content (AvgIpc) is 3.32. The molecular weight excluding hydrogens is 260 g/mol. The van der Waals surface area contributed by atoms with E-state index in [1.165, 1.54) is 18.4 Å². The molecule has 1 fully saturated rings. The summed E-state index contributed by atoms with van der Waals surface area (Å²) in [6.45, 7) is 3.01. The number of nitrogens with zero attached hydrogens (tertiary/aromatic N) is 1. The third-order valence-corrected chi connectivity index (χ3v) is 3.61. The van der Waals surface area contributed by atoms with Crippen LogP contribution in [0.5, 0.6) is 11.6 Å². The monoisotopic (exact) mass is 282 g/mol. The van der Waals surface area contributed by atoms with Crippen LogP contribution in [0.2, 0.25) is 0 Å². The molecule has 1 aromatic carbocycles. The number of aromatic nitrogens is 1. The quantitative estimate of drug-likeness (QED) is 0.831. The van der Waals surface area contributed by atoms with Crippen molar-refractivity contribution in [1.82, 2.24) is 10.3 Å². The van der Waals surface area contributed by atoms with E-state index in [-0.39, 0.29) is 0 Å². The van der Waals surface area contributed by atoms with E-state index in [1.807, 2.05) is 30.3 Å². The summed E-state index contributed by atoms with van der Waals surface area (Å²) in [4.78, 5) is 4.54. The molecular formula is C18H22N2O. The lowest BCUT2D eigenvalue weighted by atomic mass is 10.1. The normalized spacial score (nSPS) is 14.1. The molecule has 0 amide bonds. The molecule has 21 heavy (non-hydrogen) atoms. The molecule has 0 bridgehead atoms. The first kappa shape index (κ1) is 14.1. The average molecular weight is 282 g/mol. The van der Waals surface area contributed by atoms with Crippen LogP contribution in [0.4, 0.5) is 0 Å². The minimum Gasteiger partial charge on any atom is -0.439 e. The van der Waals surface area contributed by atoms with E-state index in [1.54, 1.807) is 0 Å². The molecule has 0 spiro atoms. The van der Waals surface area contributed by atoms with Crippen molar-refractivity contribution in [2.24, 2.45) is 0 Å². The summed E-state index contributed by atoms with van der Waals surface area (Å²) in [7, 11) is 0. The highest BCUT2D eigenvalue weighted by Crippen LogP contribution is 2.22. The Morgan fingerprint density at radius 3 is 2.67 bits per heavy atom. The van der Waals surface area contributed by atoms with E-state index in [9.17, 15) is 0 Å². The molecule has 0 unspecified atom stereocenters. The van der Waals surface area contributed by atoms with Crippen molar-refractivity contribution < 1.29 is 4.74 Å². The molecule has 1 aromatic heterocycles. The molecule has 1 aliphatic carbocycles. The number of hydrogen-bond donors (Lipinski definition) is 1. The van der Waals surface area contributed by atoms with Crippen LogP contribution in [0.25, 0.3) is 0 Å². The lowest BCUT2D eigenvalue weighted by Gasteiger charge is -2.08. The molecule has 1 aliphatic rings. The van der Waals surface area contributed by atoms with E-state index in [0.717, 1.165) is 30.8 Å². The third kappa shape index (κ3) is 4.30. The minimum absolute atomic E-state index is 0.660. The third-order valence-electron chi connectivity index (χ3n) is 3.61. The second kappa shape index (κ2) is 6.72. The van der Waals surface area contributed by atoms with Crippen molar-refractivity contribution in [1.29, 1.82) is 0 Å². The zero-order valence-corrected chi connectivity index (χ0v) is 12.5. The van der Waals surface area contributed by atoms with Gasteiger partial charge in [0.05, 0.1) is 5.69 Å². The van der Waals surface area contributed by atoms with Crippen molar-refractivity contribution >= 4 is 0 Å². The van der Waals surface area contributed by atoms with Crippen molar-refractivity contribution in [2.45, 2.75) is 45.2 Å². The lowest BCUT2D eigenvalue weighted by molar-refractivity contribution is 0.459. The highest BCUT2D eigenvalue weighted by Gasteiger charge is 2.20. The molecule has 1 N–H and O–H groups in total. The molecule has 0 atom stereocenters. The Morgan fingerprint density at radius 2 is 1.95 bits per heavy atom. The molecule has 3 rings (SSSR count). The lowest BCUT2D eigenvalue weighted by Crippen LogP contribution is -2.16. The summed E-state index contributed by atoms with van der Waals surface area (Å²) >= 11 is 0. The van der Waals surface area contributed by atoms with Gasteiger partial charge in [0.15, 0.2) is 0 Å². The molecule has 1 heterocycles. The van der Waals surface area contributed by atoms with Gasteiger partial charge in [0, 0.05) is 18.7 Å². The fraction of sp³-hybridized carbons (Fsp3) is 0.389. The maximum atomic E-state index is 5.84. The van der Waals surface area contributed by atoms with Gasteiger partial charge in [-0.3, -0.25) is 0 Å². The Labute approximate surface area is 126 Å². The zero-order valence-electron chi connectivity index (χ0n) is 12.5. The maximum absolute atomic E-state index is 5.84. The van der Waals surface area contributed by atoms with E-state index < -0.39 is 0 Å². The Bertz CT molecular complexity index is 576. The Hall–Kier alpha value is -1.87. The van der Waals surface area contributed by atoms with Crippen molar-refractivity contribution in [3.63, 3.8) is 0 Å². The van der Waals surface area contributed by atoms with Gasteiger partial charge in [-0.15, -0.1) is 0 Å². The van der Waals surface area contributed by atoms with Crippen LogP contribution in [-0.2, 0) is 13.0 Å². The summed E-state index contributed by atoms with van der Waals surface area (Å²) in [5.74, 6) is 1.50. The van der Waals surface area contributed by atoms with E-state index in [4.69, 9.17) is 4.74 Å². The fourth-order valence-electron chi connectivity index (χ4n) is 2.28. The van der Waals surface area contributed by atoms with Gasteiger partial charge < -0.3 is 10.1 Å². The van der Waals surface area contributed by atoms with Gasteiger partial charge in [-0.25, -0.2) is 4.98 Å². The van der Waals surface area contributed by atoms with Gasteiger partial charge >= 0.3 is 0 Å². The largest absolute Gasteiger partial charge is 0.439 e. The molecule has 0 saturated heterocycles. The van der Waals surface area contributed by atoms with E-state index in [0.29, 0.717) is 11.9 Å². The smallest absolute Gasteiger partial charge is 0.219 e. The van der Waals surface area contributed by atoms with Crippen LogP contribution in [0.1, 0.15) is 37.4 Å². The second-order valence-electron chi connectivity index (χ2n) is 5.62. The number of benzene rings is 1. The van der Waals surface area contributed by atoms with Gasteiger partial charge in [-0.2, -0.15) is 0 Å². The maximum Gasteiger partial charge on any atom is 0.219 e. The molecule has 3 heteroatoms. The number of hydrogen-bond acceptors (Lipinski definition) is 3. The summed E-state index contributed by atoms with van der Waals surface area (Å²) in [5.41, 5.74) is 2.38. The van der Waals surface area contributed by atoms with Crippen LogP contribution < -0.4 is 10.1 Å². The fourth-order valence-corrected chi connectivity index (χ4v) is 2.28. The topological polar surface area (TPSA) is 34.1 Å². The summed E-state index contributed by atoms with van der Waals surface area (Å²) in [6.07, 6.45) is 4.86. The SMILES string of the molecule is CCCc1ccc(Oc2cccc(CNC3CC3)n2)cc1. The van der Waals surface area contributed by atoms with Gasteiger partial charge in [0.2, 0.25) is 5.88 Å². The standard InChI is InChI=1S/C18H22N2O/c1-2-4-14-7-11-17(12-8-14)21-18-6-3-5-16(20-18)13-19-15-9-10-15/h3,5-8,11-12,15,19H,2,4,9-10,13H2,1H3. The molecule has 0 aliphatic heterocycles. The van der Waals surface area contributed by atoms with Crippen molar-refractivity contribution in [3.05, 3.63) is 53.7 Å². The van der Waals surface area contributed by atoms with E-state index in [2.05, 4.69) is 29.4 Å². The van der Waals surface area contributed by atoms with Crippen molar-refractivity contribution in [2.75, 3.05) is 0 Å². The highest BCUT2D eigenvalue weighted by atomic mass is 16.5. The van der Waals surface area contributed by atoms with Crippen LogP contribution in [0.15, 0.2) is 42.5 Å².